The van der Waals surface area contributed by atoms with Crippen LogP contribution in [0.2, 0.25) is 0 Å². The van der Waals surface area contributed by atoms with Crippen molar-refractivity contribution in [3.05, 3.63) is 51.4 Å². The quantitative estimate of drug-likeness (QED) is 0.646. The van der Waals surface area contributed by atoms with E-state index < -0.39 is 5.56 Å². The van der Waals surface area contributed by atoms with E-state index in [2.05, 4.69) is 0 Å². The molecule has 2 aromatic rings. The van der Waals surface area contributed by atoms with Gasteiger partial charge in [0.2, 0.25) is 5.90 Å². The van der Waals surface area contributed by atoms with Crippen molar-refractivity contribution in [2.24, 2.45) is 5.41 Å². The largest absolute Gasteiger partial charge is 0.497 e. The molecule has 148 valence electrons. The molecule has 0 aliphatic heterocycles. The monoisotopic (exact) mass is 384 g/mol. The van der Waals surface area contributed by atoms with Gasteiger partial charge in [-0.15, -0.1) is 0 Å². The second-order valence-corrected chi connectivity index (χ2v) is 7.57. The normalized spacial score (nSPS) is 15.0. The molecule has 1 aliphatic carbocycles. The first-order chi connectivity index (χ1) is 13.2. The van der Waals surface area contributed by atoms with Gasteiger partial charge < -0.3 is 14.2 Å². The van der Waals surface area contributed by atoms with Gasteiger partial charge >= 0.3 is 0 Å². The van der Waals surface area contributed by atoms with E-state index in [9.17, 15) is 9.59 Å². The number of fused-ring (bicyclic) bond motifs is 1. The second kappa shape index (κ2) is 7.14. The summed E-state index contributed by atoms with van der Waals surface area (Å²) in [6, 6.07) is 6.60. The zero-order chi connectivity index (χ0) is 20.6. The Bertz CT molecular complexity index is 1020. The number of hydrogen-bond acceptors (Lipinski definition) is 6. The fourth-order valence-electron chi connectivity index (χ4n) is 3.61. The highest BCUT2D eigenvalue weighted by Crippen LogP contribution is 2.37. The predicted molar refractivity (Wildman–Crippen MR) is 105 cm³/mol. The molecule has 0 saturated carbocycles. The Kier molecular flexibility index (Phi) is 5.02. The van der Waals surface area contributed by atoms with Gasteiger partial charge in [0.1, 0.15) is 17.1 Å². The highest BCUT2D eigenvalue weighted by molar-refractivity contribution is 6.01. The third kappa shape index (κ3) is 3.28. The van der Waals surface area contributed by atoms with Crippen LogP contribution in [0.5, 0.6) is 11.5 Å². The van der Waals surface area contributed by atoms with Crippen LogP contribution in [0.25, 0.3) is 5.69 Å². The number of pyridine rings is 1. The molecular formula is C21H24N2O5. The molecule has 0 amide bonds. The summed E-state index contributed by atoms with van der Waals surface area (Å²) >= 11 is 0. The number of nitrogens with one attached hydrogen (secondary N) is 1. The highest BCUT2D eigenvalue weighted by Gasteiger charge is 2.35. The lowest BCUT2D eigenvalue weighted by Gasteiger charge is -2.32. The summed E-state index contributed by atoms with van der Waals surface area (Å²) in [5.74, 6) is 0.653. The average molecular weight is 384 g/mol. The van der Waals surface area contributed by atoms with Crippen molar-refractivity contribution in [1.29, 1.82) is 5.41 Å². The Balaban J connectivity index is 2.44. The minimum absolute atomic E-state index is 0.0270. The fourth-order valence-corrected chi connectivity index (χ4v) is 3.61. The summed E-state index contributed by atoms with van der Waals surface area (Å²) < 4.78 is 17.2. The van der Waals surface area contributed by atoms with Gasteiger partial charge in [-0.1, -0.05) is 13.8 Å². The van der Waals surface area contributed by atoms with E-state index in [4.69, 9.17) is 19.6 Å². The van der Waals surface area contributed by atoms with Crippen molar-refractivity contribution in [3.63, 3.8) is 0 Å². The Morgan fingerprint density at radius 3 is 2.39 bits per heavy atom. The predicted octanol–water partition coefficient (Wildman–Crippen LogP) is 2.98. The third-order valence-corrected chi connectivity index (χ3v) is 4.96. The molecule has 1 aromatic heterocycles. The SMILES string of the molecule is COC(=N)c1cc2c(n(-c3cc(OC)ccc3OC)c1=O)CC(C)(C)CC2=O. The van der Waals surface area contributed by atoms with Crippen LogP contribution in [-0.4, -0.2) is 37.6 Å². The van der Waals surface area contributed by atoms with Gasteiger partial charge in [-0.05, 0) is 30.0 Å². The molecule has 0 atom stereocenters. The molecule has 0 radical (unpaired) electrons. The van der Waals surface area contributed by atoms with E-state index in [-0.39, 0.29) is 22.7 Å². The van der Waals surface area contributed by atoms with E-state index in [1.807, 2.05) is 13.8 Å². The van der Waals surface area contributed by atoms with Gasteiger partial charge in [-0.3, -0.25) is 19.6 Å². The lowest BCUT2D eigenvalue weighted by Crippen LogP contribution is -2.36. The number of ketones is 1. The Labute approximate surface area is 163 Å². The van der Waals surface area contributed by atoms with E-state index >= 15 is 0 Å². The summed E-state index contributed by atoms with van der Waals surface area (Å²) in [6.45, 7) is 3.99. The fraction of sp³-hybridized carbons (Fsp3) is 0.381. The molecule has 3 rings (SSSR count). The zero-order valence-corrected chi connectivity index (χ0v) is 16.7. The summed E-state index contributed by atoms with van der Waals surface area (Å²) in [4.78, 5) is 26.2. The molecule has 0 saturated heterocycles. The summed E-state index contributed by atoms with van der Waals surface area (Å²) in [5.41, 5.74) is 0.785. The number of benzene rings is 1. The number of Topliss-reactive ketones (excluding diaryl/α,β-unsaturated/α-hetero) is 1. The maximum absolute atomic E-state index is 13.4. The van der Waals surface area contributed by atoms with Gasteiger partial charge in [-0.25, -0.2) is 0 Å². The number of carbonyl (C=O) groups is 1. The number of rotatable bonds is 4. The molecular weight excluding hydrogens is 360 g/mol. The van der Waals surface area contributed by atoms with Crippen molar-refractivity contribution in [2.75, 3.05) is 21.3 Å². The number of ether oxygens (including phenoxy) is 3. The average Bonchev–Trinajstić information content (AvgIpc) is 2.65. The molecule has 7 heteroatoms. The summed E-state index contributed by atoms with van der Waals surface area (Å²) in [6.07, 6.45) is 0.900. The van der Waals surface area contributed by atoms with Gasteiger partial charge in [0.25, 0.3) is 5.56 Å². The molecule has 1 aliphatic rings. The number of hydrogen-bond donors (Lipinski definition) is 1. The van der Waals surface area contributed by atoms with Crippen molar-refractivity contribution in [2.45, 2.75) is 26.7 Å². The smallest absolute Gasteiger partial charge is 0.268 e. The van der Waals surface area contributed by atoms with Crippen LogP contribution in [0, 0.1) is 10.8 Å². The Morgan fingerprint density at radius 2 is 1.79 bits per heavy atom. The topological polar surface area (TPSA) is 90.6 Å². The van der Waals surface area contributed by atoms with Crippen LogP contribution in [0.1, 0.15) is 41.9 Å². The second-order valence-electron chi connectivity index (χ2n) is 7.57. The van der Waals surface area contributed by atoms with Gasteiger partial charge in [0, 0.05) is 23.7 Å². The number of carbonyl (C=O) groups excluding carboxylic acids is 1. The maximum atomic E-state index is 13.4. The molecule has 1 N–H and O–H groups in total. The summed E-state index contributed by atoms with van der Waals surface area (Å²) in [7, 11) is 4.37. The summed E-state index contributed by atoms with van der Waals surface area (Å²) in [5, 5.41) is 8.01. The first kappa shape index (κ1) is 19.7. The van der Waals surface area contributed by atoms with Crippen LogP contribution in [0.4, 0.5) is 0 Å². The zero-order valence-electron chi connectivity index (χ0n) is 16.7. The minimum atomic E-state index is -0.442. The van der Waals surface area contributed by atoms with Crippen LogP contribution < -0.4 is 15.0 Å². The molecule has 28 heavy (non-hydrogen) atoms. The molecule has 0 unspecified atom stereocenters. The van der Waals surface area contributed by atoms with E-state index in [1.165, 1.54) is 32.0 Å². The maximum Gasteiger partial charge on any atom is 0.268 e. The molecule has 1 heterocycles. The van der Waals surface area contributed by atoms with Crippen molar-refractivity contribution >= 4 is 11.7 Å². The molecule has 0 fully saturated rings. The number of nitrogens with zero attached hydrogens (tertiary/aromatic N) is 1. The first-order valence-corrected chi connectivity index (χ1v) is 8.90. The molecule has 0 bridgehead atoms. The lowest BCUT2D eigenvalue weighted by atomic mass is 9.75. The van der Waals surface area contributed by atoms with Crippen LogP contribution in [0.3, 0.4) is 0 Å². The lowest BCUT2D eigenvalue weighted by molar-refractivity contribution is 0.0908. The van der Waals surface area contributed by atoms with Gasteiger partial charge in [0.15, 0.2) is 5.78 Å². The van der Waals surface area contributed by atoms with E-state index in [0.717, 1.165) is 0 Å². The molecule has 7 nitrogen and oxygen atoms in total. The standard InChI is InChI=1S/C21H24N2O5/c1-21(2)10-16-13(17(24)11-21)9-14(19(22)28-5)20(25)23(16)15-8-12(26-3)6-7-18(15)27-4/h6-9,22H,10-11H2,1-5H3. The van der Waals surface area contributed by atoms with Crippen molar-refractivity contribution in [1.82, 2.24) is 4.57 Å². The van der Waals surface area contributed by atoms with Crippen LogP contribution in [0.15, 0.2) is 29.1 Å². The third-order valence-electron chi connectivity index (χ3n) is 4.96. The molecule has 0 spiro atoms. The van der Waals surface area contributed by atoms with E-state index in [1.54, 1.807) is 18.2 Å². The van der Waals surface area contributed by atoms with E-state index in [0.29, 0.717) is 41.3 Å². The first-order valence-electron chi connectivity index (χ1n) is 8.90. The van der Waals surface area contributed by atoms with Gasteiger partial charge in [-0.2, -0.15) is 0 Å². The van der Waals surface area contributed by atoms with Crippen LogP contribution >= 0.6 is 0 Å². The number of aromatic nitrogens is 1. The van der Waals surface area contributed by atoms with Crippen molar-refractivity contribution in [3.8, 4) is 17.2 Å². The highest BCUT2D eigenvalue weighted by atomic mass is 16.5. The number of methoxy groups -OCH3 is 3. The van der Waals surface area contributed by atoms with Gasteiger partial charge in [0.05, 0.1) is 27.0 Å². The Morgan fingerprint density at radius 1 is 1.07 bits per heavy atom. The Hall–Kier alpha value is -3.09. The van der Waals surface area contributed by atoms with Crippen molar-refractivity contribution < 1.29 is 19.0 Å². The molecule has 1 aromatic carbocycles. The minimum Gasteiger partial charge on any atom is -0.497 e. The van der Waals surface area contributed by atoms with Crippen LogP contribution in [-0.2, 0) is 11.2 Å².